The van der Waals surface area contributed by atoms with Crippen LogP contribution in [0.4, 0.5) is 11.4 Å². The van der Waals surface area contributed by atoms with E-state index in [1.807, 2.05) is 110 Å². The molecular formula is C27H29N5O2S. The summed E-state index contributed by atoms with van der Waals surface area (Å²) in [6.45, 7) is 3.91. The first-order valence-electron chi connectivity index (χ1n) is 11.3. The van der Waals surface area contributed by atoms with Crippen molar-refractivity contribution in [3.8, 4) is 22.8 Å². The predicted molar refractivity (Wildman–Crippen MR) is 143 cm³/mol. The lowest BCUT2D eigenvalue weighted by atomic mass is 10.1. The maximum absolute atomic E-state index is 13.0. The quantitative estimate of drug-likeness (QED) is 0.334. The van der Waals surface area contributed by atoms with Gasteiger partial charge in [0.2, 0.25) is 5.91 Å². The molecule has 1 amide bonds. The van der Waals surface area contributed by atoms with E-state index in [9.17, 15) is 4.79 Å². The molecule has 35 heavy (non-hydrogen) atoms. The van der Waals surface area contributed by atoms with Crippen LogP contribution in [0.15, 0.2) is 78.0 Å². The Labute approximate surface area is 210 Å². The van der Waals surface area contributed by atoms with Gasteiger partial charge < -0.3 is 15.0 Å². The van der Waals surface area contributed by atoms with E-state index in [1.54, 1.807) is 7.11 Å². The molecule has 1 heterocycles. The maximum atomic E-state index is 13.0. The van der Waals surface area contributed by atoms with Gasteiger partial charge in [0.05, 0.1) is 17.9 Å². The third kappa shape index (κ3) is 5.49. The molecule has 8 heteroatoms. The first-order valence-corrected chi connectivity index (χ1v) is 12.2. The monoisotopic (exact) mass is 487 g/mol. The number of nitrogens with one attached hydrogen (secondary N) is 1. The van der Waals surface area contributed by atoms with Gasteiger partial charge in [-0.2, -0.15) is 0 Å². The summed E-state index contributed by atoms with van der Waals surface area (Å²) in [6, 6.07) is 23.6. The normalized spacial score (nSPS) is 11.7. The lowest BCUT2D eigenvalue weighted by Crippen LogP contribution is -2.23. The summed E-state index contributed by atoms with van der Waals surface area (Å²) in [5.74, 6) is 1.25. The van der Waals surface area contributed by atoms with Crippen molar-refractivity contribution in [2.24, 2.45) is 0 Å². The molecule has 180 valence electrons. The minimum Gasteiger partial charge on any atom is -0.496 e. The van der Waals surface area contributed by atoms with Crippen LogP contribution < -0.4 is 15.0 Å². The van der Waals surface area contributed by atoms with Crippen molar-refractivity contribution < 1.29 is 9.53 Å². The minimum atomic E-state index is -0.401. The highest BCUT2D eigenvalue weighted by molar-refractivity contribution is 8.00. The highest BCUT2D eigenvalue weighted by Crippen LogP contribution is 2.34. The Hall–Kier alpha value is -3.78. The summed E-state index contributed by atoms with van der Waals surface area (Å²) in [6.07, 6.45) is 0. The average Bonchev–Trinajstić information content (AvgIpc) is 3.27. The van der Waals surface area contributed by atoms with Crippen molar-refractivity contribution >= 4 is 29.0 Å². The summed E-state index contributed by atoms with van der Waals surface area (Å²) >= 11 is 1.36. The van der Waals surface area contributed by atoms with Crippen LogP contribution in [0.5, 0.6) is 5.75 Å². The number of aromatic nitrogens is 3. The predicted octanol–water partition coefficient (Wildman–Crippen LogP) is 5.44. The number of anilines is 2. The highest BCUT2D eigenvalue weighted by Gasteiger charge is 2.23. The summed E-state index contributed by atoms with van der Waals surface area (Å²) in [5, 5.41) is 12.2. The molecule has 0 bridgehead atoms. The first-order chi connectivity index (χ1) is 16.9. The fraction of sp³-hybridized carbons (Fsp3) is 0.222. The zero-order valence-corrected chi connectivity index (χ0v) is 21.3. The van der Waals surface area contributed by atoms with Crippen LogP contribution in [-0.4, -0.2) is 47.1 Å². The van der Waals surface area contributed by atoms with Gasteiger partial charge in [-0.3, -0.25) is 9.36 Å². The second kappa shape index (κ2) is 10.7. The molecule has 1 unspecified atom stereocenters. The smallest absolute Gasteiger partial charge is 0.237 e. The number of para-hydroxylation sites is 1. The van der Waals surface area contributed by atoms with Crippen molar-refractivity contribution in [1.29, 1.82) is 0 Å². The van der Waals surface area contributed by atoms with Crippen molar-refractivity contribution in [2.45, 2.75) is 24.3 Å². The Morgan fingerprint density at radius 3 is 2.34 bits per heavy atom. The number of hydrogen-bond acceptors (Lipinski definition) is 6. The zero-order chi connectivity index (χ0) is 24.9. The van der Waals surface area contributed by atoms with Gasteiger partial charge in [-0.1, -0.05) is 41.6 Å². The Morgan fingerprint density at radius 2 is 1.69 bits per heavy atom. The van der Waals surface area contributed by atoms with Gasteiger partial charge in [0.15, 0.2) is 11.0 Å². The molecule has 0 saturated carbocycles. The summed E-state index contributed by atoms with van der Waals surface area (Å²) in [5.41, 5.74) is 4.72. The number of amides is 1. The number of rotatable bonds is 8. The molecule has 0 aliphatic rings. The minimum absolute atomic E-state index is 0.107. The van der Waals surface area contributed by atoms with E-state index in [1.165, 1.54) is 11.8 Å². The molecule has 4 aromatic rings. The Bertz CT molecular complexity index is 1300. The zero-order valence-electron chi connectivity index (χ0n) is 20.5. The molecule has 0 fully saturated rings. The number of hydrogen-bond donors (Lipinski definition) is 1. The van der Waals surface area contributed by atoms with E-state index in [-0.39, 0.29) is 5.91 Å². The molecule has 4 rings (SSSR count). The number of ether oxygens (including phenoxy) is 1. The molecule has 0 aliphatic carbocycles. The lowest BCUT2D eigenvalue weighted by Gasteiger charge is -2.16. The second-order valence-electron chi connectivity index (χ2n) is 8.37. The summed E-state index contributed by atoms with van der Waals surface area (Å²) in [7, 11) is 5.60. The fourth-order valence-electron chi connectivity index (χ4n) is 3.58. The standard InChI is InChI=1S/C27H29N5O2S/c1-18-10-14-22(15-11-18)32-25(23-8-6-7-9-24(23)34-5)29-30-27(32)35-19(2)26(33)28-20-12-16-21(17-13-20)31(3)4/h6-17,19H,1-5H3,(H,28,33). The van der Waals surface area contributed by atoms with E-state index in [4.69, 9.17) is 4.74 Å². The van der Waals surface area contributed by atoms with E-state index in [0.29, 0.717) is 16.7 Å². The summed E-state index contributed by atoms with van der Waals surface area (Å²) in [4.78, 5) is 15.0. The van der Waals surface area contributed by atoms with E-state index in [2.05, 4.69) is 15.5 Å². The topological polar surface area (TPSA) is 72.3 Å². The molecule has 7 nitrogen and oxygen atoms in total. The van der Waals surface area contributed by atoms with Crippen molar-refractivity contribution in [1.82, 2.24) is 14.8 Å². The lowest BCUT2D eigenvalue weighted by molar-refractivity contribution is -0.115. The molecule has 0 aliphatic heterocycles. The van der Waals surface area contributed by atoms with E-state index < -0.39 is 5.25 Å². The summed E-state index contributed by atoms with van der Waals surface area (Å²) < 4.78 is 7.54. The molecular weight excluding hydrogens is 458 g/mol. The van der Waals surface area contributed by atoms with E-state index in [0.717, 1.165) is 28.2 Å². The van der Waals surface area contributed by atoms with Crippen LogP contribution in [0.25, 0.3) is 17.1 Å². The number of carbonyl (C=O) groups is 1. The Morgan fingerprint density at radius 1 is 1.00 bits per heavy atom. The average molecular weight is 488 g/mol. The molecule has 0 saturated heterocycles. The van der Waals surface area contributed by atoms with E-state index >= 15 is 0 Å². The van der Waals surface area contributed by atoms with Crippen LogP contribution in [-0.2, 0) is 4.79 Å². The van der Waals surface area contributed by atoms with Crippen LogP contribution in [0, 0.1) is 6.92 Å². The largest absolute Gasteiger partial charge is 0.496 e. The molecule has 0 radical (unpaired) electrons. The fourth-order valence-corrected chi connectivity index (χ4v) is 4.44. The van der Waals surface area contributed by atoms with Gasteiger partial charge in [-0.25, -0.2) is 0 Å². The number of nitrogens with zero attached hydrogens (tertiary/aromatic N) is 4. The van der Waals surface area contributed by atoms with Gasteiger partial charge in [0, 0.05) is 31.2 Å². The second-order valence-corrected chi connectivity index (χ2v) is 9.68. The Balaban J connectivity index is 1.63. The van der Waals surface area contributed by atoms with Crippen LogP contribution in [0.1, 0.15) is 12.5 Å². The molecule has 1 aromatic heterocycles. The van der Waals surface area contributed by atoms with Gasteiger partial charge in [-0.15, -0.1) is 10.2 Å². The third-order valence-electron chi connectivity index (χ3n) is 5.58. The molecule has 1 N–H and O–H groups in total. The first kappa shape index (κ1) is 24.3. The maximum Gasteiger partial charge on any atom is 0.237 e. The number of aryl methyl sites for hydroxylation is 1. The van der Waals surface area contributed by atoms with Gasteiger partial charge in [0.25, 0.3) is 0 Å². The number of thioether (sulfide) groups is 1. The van der Waals surface area contributed by atoms with Crippen molar-refractivity contribution in [3.63, 3.8) is 0 Å². The number of carbonyl (C=O) groups excluding carboxylic acids is 1. The van der Waals surface area contributed by atoms with Gasteiger partial charge >= 0.3 is 0 Å². The van der Waals surface area contributed by atoms with Crippen LogP contribution >= 0.6 is 11.8 Å². The SMILES string of the molecule is COc1ccccc1-c1nnc(SC(C)C(=O)Nc2ccc(N(C)C)cc2)n1-c1ccc(C)cc1. The third-order valence-corrected chi connectivity index (χ3v) is 6.62. The molecule has 3 aromatic carbocycles. The van der Waals surface area contributed by atoms with Crippen molar-refractivity contribution in [2.75, 3.05) is 31.4 Å². The van der Waals surface area contributed by atoms with Gasteiger partial charge in [-0.05, 0) is 62.4 Å². The van der Waals surface area contributed by atoms with Crippen molar-refractivity contribution in [3.05, 3.63) is 78.4 Å². The van der Waals surface area contributed by atoms with Crippen LogP contribution in [0.3, 0.4) is 0 Å². The number of methoxy groups -OCH3 is 1. The highest BCUT2D eigenvalue weighted by atomic mass is 32.2. The number of benzene rings is 3. The Kier molecular flexibility index (Phi) is 7.41. The van der Waals surface area contributed by atoms with Crippen LogP contribution in [0.2, 0.25) is 0 Å². The molecule has 1 atom stereocenters. The van der Waals surface area contributed by atoms with Gasteiger partial charge in [0.1, 0.15) is 5.75 Å². The molecule has 0 spiro atoms.